The van der Waals surface area contributed by atoms with Crippen molar-refractivity contribution in [2.24, 2.45) is 0 Å². The van der Waals surface area contributed by atoms with Crippen molar-refractivity contribution in [2.75, 3.05) is 5.75 Å². The summed E-state index contributed by atoms with van der Waals surface area (Å²) in [6.45, 7) is 0.164. The Balaban J connectivity index is 2.51. The molecule has 1 aliphatic heterocycles. The number of fused-ring (bicyclic) bond motifs is 1. The Hall–Kier alpha value is -0.970. The summed E-state index contributed by atoms with van der Waals surface area (Å²) in [5, 5.41) is 0.937. The third-order valence-corrected chi connectivity index (χ3v) is 3.00. The Morgan fingerprint density at radius 3 is 3.25 bits per heavy atom. The van der Waals surface area contributed by atoms with Crippen molar-refractivity contribution in [3.05, 3.63) is 16.2 Å². The highest BCUT2D eigenvalue weighted by atomic mass is 32.2. The second-order valence-electron chi connectivity index (χ2n) is 2.59. The van der Waals surface area contributed by atoms with Gasteiger partial charge in [-0.2, -0.15) is 0 Å². The molecule has 2 heterocycles. The lowest BCUT2D eigenvalue weighted by Gasteiger charge is -1.96. The third kappa shape index (κ3) is 1.01. The number of aryl methyl sites for hydroxylation is 1. The Morgan fingerprint density at radius 1 is 1.67 bits per heavy atom. The van der Waals surface area contributed by atoms with Gasteiger partial charge in [0.2, 0.25) is 0 Å². The molecule has 4 nitrogen and oxygen atoms in total. The van der Waals surface area contributed by atoms with Crippen molar-refractivity contribution in [2.45, 2.75) is 18.0 Å². The Labute approximate surface area is 73.0 Å². The lowest BCUT2D eigenvalue weighted by Crippen LogP contribution is -2.18. The van der Waals surface area contributed by atoms with E-state index in [0.29, 0.717) is 0 Å². The SMILES string of the molecule is O=CCn1c2c([nH]c1=O)CCS2. The molecule has 64 valence electrons. The van der Waals surface area contributed by atoms with Gasteiger partial charge < -0.3 is 9.78 Å². The number of H-pyrrole nitrogens is 1. The second kappa shape index (κ2) is 2.82. The molecular formula is C7H8N2O2S. The molecule has 5 heteroatoms. The number of imidazole rings is 1. The fraction of sp³-hybridized carbons (Fsp3) is 0.429. The molecule has 0 spiro atoms. The van der Waals surface area contributed by atoms with Crippen LogP contribution in [0.1, 0.15) is 5.69 Å². The molecule has 0 unspecified atom stereocenters. The van der Waals surface area contributed by atoms with Gasteiger partial charge in [-0.3, -0.25) is 4.57 Å². The first-order valence-corrected chi connectivity index (χ1v) is 4.69. The van der Waals surface area contributed by atoms with Gasteiger partial charge in [-0.25, -0.2) is 4.79 Å². The predicted octanol–water partition coefficient (Wildman–Crippen LogP) is 0.0235. The molecule has 0 aromatic carbocycles. The summed E-state index contributed by atoms with van der Waals surface area (Å²) < 4.78 is 1.49. The lowest BCUT2D eigenvalue weighted by molar-refractivity contribution is -0.108. The third-order valence-electron chi connectivity index (χ3n) is 1.85. The van der Waals surface area contributed by atoms with E-state index in [-0.39, 0.29) is 12.2 Å². The standard InChI is InChI=1S/C7H8N2O2S/c10-3-2-9-6-5(1-4-12-6)8-7(9)11/h3H,1-2,4H2,(H,8,11). The van der Waals surface area contributed by atoms with Crippen molar-refractivity contribution in [1.82, 2.24) is 9.55 Å². The summed E-state index contributed by atoms with van der Waals surface area (Å²) in [5.74, 6) is 1.00. The highest BCUT2D eigenvalue weighted by molar-refractivity contribution is 7.99. The number of aldehydes is 1. The number of nitrogens with one attached hydrogen (secondary N) is 1. The van der Waals surface area contributed by atoms with Crippen molar-refractivity contribution >= 4 is 18.0 Å². The molecule has 1 N–H and O–H groups in total. The first kappa shape index (κ1) is 7.67. The number of hydrogen-bond donors (Lipinski definition) is 1. The maximum atomic E-state index is 11.2. The molecule has 12 heavy (non-hydrogen) atoms. The monoisotopic (exact) mass is 184 g/mol. The number of carbonyl (C=O) groups excluding carboxylic acids is 1. The van der Waals surface area contributed by atoms with Crippen LogP contribution in [0, 0.1) is 0 Å². The molecule has 1 aromatic heterocycles. The lowest BCUT2D eigenvalue weighted by atomic mass is 10.4. The van der Waals surface area contributed by atoms with Gasteiger partial charge in [0.1, 0.15) is 6.29 Å². The highest BCUT2D eigenvalue weighted by Gasteiger charge is 2.18. The van der Waals surface area contributed by atoms with E-state index in [9.17, 15) is 9.59 Å². The zero-order valence-electron chi connectivity index (χ0n) is 6.37. The van der Waals surface area contributed by atoms with Crippen molar-refractivity contribution < 1.29 is 4.79 Å². The second-order valence-corrected chi connectivity index (χ2v) is 3.67. The minimum atomic E-state index is -0.167. The number of rotatable bonds is 2. The van der Waals surface area contributed by atoms with Crippen LogP contribution in [-0.4, -0.2) is 21.6 Å². The summed E-state index contributed by atoms with van der Waals surface area (Å²) in [4.78, 5) is 24.2. The molecule has 1 aliphatic rings. The summed E-state index contributed by atoms with van der Waals surface area (Å²) in [5.41, 5.74) is 0.811. The Morgan fingerprint density at radius 2 is 2.50 bits per heavy atom. The summed E-state index contributed by atoms with van der Waals surface area (Å²) in [6.07, 6.45) is 1.65. The van der Waals surface area contributed by atoms with Gasteiger partial charge in [-0.05, 0) is 6.42 Å². The average molecular weight is 184 g/mol. The van der Waals surface area contributed by atoms with Crippen LogP contribution in [0.4, 0.5) is 0 Å². The van der Waals surface area contributed by atoms with Gasteiger partial charge in [-0.15, -0.1) is 11.8 Å². The molecule has 2 rings (SSSR count). The van der Waals surface area contributed by atoms with Crippen molar-refractivity contribution in [3.8, 4) is 0 Å². The number of thioether (sulfide) groups is 1. The molecule has 0 bridgehead atoms. The van der Waals surface area contributed by atoms with E-state index in [1.807, 2.05) is 0 Å². The van der Waals surface area contributed by atoms with Crippen LogP contribution in [-0.2, 0) is 17.8 Å². The number of aromatic amines is 1. The van der Waals surface area contributed by atoms with Crippen LogP contribution in [0.3, 0.4) is 0 Å². The van der Waals surface area contributed by atoms with Gasteiger partial charge in [-0.1, -0.05) is 0 Å². The van der Waals surface area contributed by atoms with Gasteiger partial charge in [0.15, 0.2) is 0 Å². The van der Waals surface area contributed by atoms with Gasteiger partial charge >= 0.3 is 5.69 Å². The van der Waals surface area contributed by atoms with Gasteiger partial charge in [0.25, 0.3) is 0 Å². The molecule has 1 aromatic rings. The zero-order chi connectivity index (χ0) is 8.55. The molecule has 0 radical (unpaired) electrons. The van der Waals surface area contributed by atoms with Crippen LogP contribution in [0.5, 0.6) is 0 Å². The molecule has 0 amide bonds. The number of aromatic nitrogens is 2. The maximum absolute atomic E-state index is 11.2. The number of hydrogen-bond acceptors (Lipinski definition) is 3. The molecule has 0 aliphatic carbocycles. The largest absolute Gasteiger partial charge is 0.327 e. The summed E-state index contributed by atoms with van der Waals surface area (Å²) >= 11 is 1.63. The Kier molecular flexibility index (Phi) is 1.80. The fourth-order valence-electron chi connectivity index (χ4n) is 1.33. The zero-order valence-corrected chi connectivity index (χ0v) is 7.19. The topological polar surface area (TPSA) is 54.9 Å². The van der Waals surface area contributed by atoms with Crippen LogP contribution >= 0.6 is 11.8 Å². The summed E-state index contributed by atoms with van der Waals surface area (Å²) in [6, 6.07) is 0. The molecule has 0 saturated heterocycles. The molecule has 0 atom stereocenters. The van der Waals surface area contributed by atoms with Crippen LogP contribution in [0.15, 0.2) is 9.82 Å². The molecule has 0 saturated carbocycles. The Bertz CT molecular complexity index is 366. The quantitative estimate of drug-likeness (QED) is 0.659. The van der Waals surface area contributed by atoms with E-state index >= 15 is 0 Å². The number of nitrogens with zero attached hydrogens (tertiary/aromatic N) is 1. The minimum Gasteiger partial charge on any atom is -0.309 e. The smallest absolute Gasteiger partial charge is 0.309 e. The van der Waals surface area contributed by atoms with E-state index in [0.717, 1.165) is 29.2 Å². The van der Waals surface area contributed by atoms with Crippen molar-refractivity contribution in [3.63, 3.8) is 0 Å². The maximum Gasteiger partial charge on any atom is 0.327 e. The van der Waals surface area contributed by atoms with E-state index in [2.05, 4.69) is 4.98 Å². The van der Waals surface area contributed by atoms with E-state index in [4.69, 9.17) is 0 Å². The van der Waals surface area contributed by atoms with E-state index < -0.39 is 0 Å². The van der Waals surface area contributed by atoms with Gasteiger partial charge in [0.05, 0.1) is 17.3 Å². The summed E-state index contributed by atoms with van der Waals surface area (Å²) in [7, 11) is 0. The van der Waals surface area contributed by atoms with E-state index in [1.54, 1.807) is 11.8 Å². The van der Waals surface area contributed by atoms with Crippen LogP contribution < -0.4 is 5.69 Å². The average Bonchev–Trinajstić information content (AvgIpc) is 2.56. The fourth-order valence-corrected chi connectivity index (χ4v) is 2.47. The van der Waals surface area contributed by atoms with Gasteiger partial charge in [0, 0.05) is 5.75 Å². The normalized spacial score (nSPS) is 14.7. The highest BCUT2D eigenvalue weighted by Crippen LogP contribution is 2.28. The minimum absolute atomic E-state index is 0.164. The molecular weight excluding hydrogens is 176 g/mol. The van der Waals surface area contributed by atoms with Crippen LogP contribution in [0.25, 0.3) is 0 Å². The van der Waals surface area contributed by atoms with E-state index in [1.165, 1.54) is 4.57 Å². The first-order chi connectivity index (χ1) is 5.83. The number of carbonyl (C=O) groups is 1. The molecule has 0 fully saturated rings. The predicted molar refractivity (Wildman–Crippen MR) is 45.5 cm³/mol. The van der Waals surface area contributed by atoms with Crippen molar-refractivity contribution in [1.29, 1.82) is 0 Å². The first-order valence-electron chi connectivity index (χ1n) is 3.71. The van der Waals surface area contributed by atoms with Crippen LogP contribution in [0.2, 0.25) is 0 Å².